The van der Waals surface area contributed by atoms with Gasteiger partial charge in [-0.25, -0.2) is 0 Å². The SMILES string of the molecule is C/C=C/C(=C=[C](c1ccccc1)[Sn]([c]1ccccc1)([c]1ccccc1)[c]1ccccc1)OC(=O)N(C(C)C)C(C)C. The van der Waals surface area contributed by atoms with Gasteiger partial charge in [-0.3, -0.25) is 0 Å². The number of rotatable bonds is 9. The van der Waals surface area contributed by atoms with Gasteiger partial charge < -0.3 is 0 Å². The molecule has 0 radical (unpaired) electrons. The summed E-state index contributed by atoms with van der Waals surface area (Å²) in [6.45, 7) is 9.96. The van der Waals surface area contributed by atoms with Gasteiger partial charge in [-0.05, 0) is 0 Å². The first-order valence-corrected chi connectivity index (χ1v) is 20.0. The third kappa shape index (κ3) is 6.75. The first-order chi connectivity index (χ1) is 19.9. The van der Waals surface area contributed by atoms with Crippen LogP contribution in [-0.2, 0) is 4.74 Å². The second kappa shape index (κ2) is 14.2. The summed E-state index contributed by atoms with van der Waals surface area (Å²) < 4.78 is 11.1. The number of ether oxygens (including phenoxy) is 1. The fourth-order valence-electron chi connectivity index (χ4n) is 5.53. The normalized spacial score (nSPS) is 11.4. The van der Waals surface area contributed by atoms with E-state index >= 15 is 0 Å². The van der Waals surface area contributed by atoms with Gasteiger partial charge in [-0.2, -0.15) is 0 Å². The number of hydrogen-bond acceptors (Lipinski definition) is 2. The van der Waals surface area contributed by atoms with E-state index in [0.29, 0.717) is 5.76 Å². The summed E-state index contributed by atoms with van der Waals surface area (Å²) in [6, 6.07) is 42.9. The molecule has 3 nitrogen and oxygen atoms in total. The molecular formula is C37H39NO2Sn. The predicted octanol–water partition coefficient (Wildman–Crippen LogP) is 7.09. The zero-order chi connectivity index (χ0) is 29.2. The van der Waals surface area contributed by atoms with Crippen LogP contribution < -0.4 is 10.7 Å². The molecule has 0 aromatic heterocycles. The first-order valence-electron chi connectivity index (χ1n) is 14.3. The molecule has 0 bridgehead atoms. The van der Waals surface area contributed by atoms with E-state index in [-0.39, 0.29) is 18.2 Å². The number of nitrogens with zero attached hydrogens (tertiary/aromatic N) is 1. The molecule has 0 saturated heterocycles. The van der Waals surface area contributed by atoms with Crippen molar-refractivity contribution in [1.82, 2.24) is 4.90 Å². The molecule has 0 fully saturated rings. The van der Waals surface area contributed by atoms with Crippen LogP contribution in [0, 0.1) is 0 Å². The van der Waals surface area contributed by atoms with Crippen LogP contribution >= 0.6 is 0 Å². The molecule has 0 unspecified atom stereocenters. The molecule has 4 aromatic rings. The second-order valence-corrected chi connectivity index (χ2v) is 21.2. The molecule has 0 aliphatic heterocycles. The van der Waals surface area contributed by atoms with Crippen molar-refractivity contribution in [2.75, 3.05) is 0 Å². The minimum absolute atomic E-state index is 0.00292. The Balaban J connectivity index is 2.16. The van der Waals surface area contributed by atoms with Crippen LogP contribution in [0.4, 0.5) is 4.79 Å². The molecule has 0 aliphatic carbocycles. The van der Waals surface area contributed by atoms with Gasteiger partial charge in [0.15, 0.2) is 0 Å². The Morgan fingerprint density at radius 1 is 0.683 bits per heavy atom. The molecule has 0 heterocycles. The zero-order valence-electron chi connectivity index (χ0n) is 24.6. The average molecular weight is 648 g/mol. The van der Waals surface area contributed by atoms with Crippen LogP contribution in [0.2, 0.25) is 0 Å². The molecular weight excluding hydrogens is 609 g/mol. The number of allylic oxidation sites excluding steroid dienone is 2. The summed E-state index contributed by atoms with van der Waals surface area (Å²) in [5.41, 5.74) is 4.81. The standard InChI is InChI=1S/C19H24NO2.3C6H5.Sn/c1-6-10-18(14-13-17-11-8-7-9-12-17)22-19(21)20(15(2)3)16(4)5;3*1-2-4-6-5-3-1;/h6-12,15-16H,1-5H3;3*1-5H;/b10-6+;;;;. The molecule has 0 aliphatic rings. The molecule has 4 aromatic carbocycles. The quantitative estimate of drug-likeness (QED) is 0.0840. The maximum atomic E-state index is 13.5. The van der Waals surface area contributed by atoms with E-state index in [1.165, 1.54) is 10.7 Å². The molecule has 4 rings (SSSR count). The minimum atomic E-state index is -4.09. The van der Waals surface area contributed by atoms with E-state index in [1.54, 1.807) is 4.90 Å². The first kappa shape index (κ1) is 30.2. The Bertz CT molecular complexity index is 1400. The van der Waals surface area contributed by atoms with Crippen molar-refractivity contribution < 1.29 is 9.53 Å². The van der Waals surface area contributed by atoms with Crippen molar-refractivity contribution in [3.63, 3.8) is 0 Å². The number of hydrogen-bond donors (Lipinski definition) is 0. The summed E-state index contributed by atoms with van der Waals surface area (Å²) in [5.74, 6) is 0.409. The fourth-order valence-corrected chi connectivity index (χ4v) is 19.4. The van der Waals surface area contributed by atoms with Crippen molar-refractivity contribution in [3.8, 4) is 0 Å². The Morgan fingerprint density at radius 2 is 1.07 bits per heavy atom. The van der Waals surface area contributed by atoms with Gasteiger partial charge in [-0.1, -0.05) is 0 Å². The third-order valence-electron chi connectivity index (χ3n) is 7.14. The summed E-state index contributed by atoms with van der Waals surface area (Å²) in [5, 5.41) is 0. The van der Waals surface area contributed by atoms with E-state index in [9.17, 15) is 4.79 Å². The van der Waals surface area contributed by atoms with Crippen LogP contribution in [0.1, 0.15) is 40.2 Å². The van der Waals surface area contributed by atoms with Gasteiger partial charge in [0.25, 0.3) is 0 Å². The van der Waals surface area contributed by atoms with E-state index in [2.05, 4.69) is 121 Å². The number of amides is 1. The van der Waals surface area contributed by atoms with Gasteiger partial charge in [0.1, 0.15) is 0 Å². The molecule has 4 heteroatoms. The summed E-state index contributed by atoms with van der Waals surface area (Å²) >= 11 is -4.09. The molecule has 208 valence electrons. The monoisotopic (exact) mass is 649 g/mol. The van der Waals surface area contributed by atoms with Gasteiger partial charge in [0.2, 0.25) is 0 Å². The topological polar surface area (TPSA) is 29.5 Å². The van der Waals surface area contributed by atoms with Crippen LogP contribution in [-0.4, -0.2) is 41.5 Å². The fraction of sp³-hybridized carbons (Fsp3) is 0.189. The second-order valence-electron chi connectivity index (χ2n) is 10.5. The molecule has 0 spiro atoms. The Labute approximate surface area is 249 Å². The maximum absolute atomic E-state index is 13.5. The summed E-state index contributed by atoms with van der Waals surface area (Å²) in [4.78, 5) is 15.3. The van der Waals surface area contributed by atoms with Crippen molar-refractivity contribution >= 4 is 38.8 Å². The van der Waals surface area contributed by atoms with Crippen LogP contribution in [0.3, 0.4) is 0 Å². The molecule has 0 atom stereocenters. The molecule has 1 amide bonds. The van der Waals surface area contributed by atoms with E-state index < -0.39 is 18.4 Å². The molecule has 41 heavy (non-hydrogen) atoms. The Kier molecular flexibility index (Phi) is 10.5. The number of benzene rings is 4. The van der Waals surface area contributed by atoms with Crippen LogP contribution in [0.15, 0.2) is 145 Å². The van der Waals surface area contributed by atoms with E-state index in [4.69, 9.17) is 4.74 Å². The van der Waals surface area contributed by atoms with Crippen LogP contribution in [0.25, 0.3) is 3.59 Å². The number of carbonyl (C=O) groups is 1. The summed E-state index contributed by atoms with van der Waals surface area (Å²) in [7, 11) is 0. The van der Waals surface area contributed by atoms with Gasteiger partial charge in [0, 0.05) is 0 Å². The predicted molar refractivity (Wildman–Crippen MR) is 174 cm³/mol. The molecule has 0 N–H and O–H groups in total. The van der Waals surface area contributed by atoms with Crippen molar-refractivity contribution in [2.24, 2.45) is 0 Å². The van der Waals surface area contributed by atoms with Gasteiger partial charge in [0.05, 0.1) is 0 Å². The summed E-state index contributed by atoms with van der Waals surface area (Å²) in [6.07, 6.45) is 3.37. The number of carbonyl (C=O) groups excluding carboxylic acids is 1. The van der Waals surface area contributed by atoms with Crippen LogP contribution in [0.5, 0.6) is 0 Å². The Hall–Kier alpha value is -3.79. The van der Waals surface area contributed by atoms with Crippen molar-refractivity contribution in [1.29, 1.82) is 0 Å². The van der Waals surface area contributed by atoms with E-state index in [1.807, 2.05) is 52.8 Å². The Morgan fingerprint density at radius 3 is 1.44 bits per heavy atom. The van der Waals surface area contributed by atoms with Gasteiger partial charge in [-0.15, -0.1) is 0 Å². The molecule has 0 saturated carbocycles. The zero-order valence-corrected chi connectivity index (χ0v) is 27.5. The average Bonchev–Trinajstić information content (AvgIpc) is 2.99. The van der Waals surface area contributed by atoms with Gasteiger partial charge >= 0.3 is 250 Å². The third-order valence-corrected chi connectivity index (χ3v) is 20.7. The van der Waals surface area contributed by atoms with Crippen molar-refractivity contribution in [3.05, 3.63) is 151 Å². The van der Waals surface area contributed by atoms with Crippen molar-refractivity contribution in [2.45, 2.75) is 46.7 Å². The van der Waals surface area contributed by atoms with E-state index in [0.717, 1.165) is 9.15 Å².